The minimum absolute atomic E-state index is 0.0735. The summed E-state index contributed by atoms with van der Waals surface area (Å²) in [6.45, 7) is 1.00. The predicted octanol–water partition coefficient (Wildman–Crippen LogP) is 1.31. The number of nitrogens with one attached hydrogen (secondary N) is 2. The molecule has 1 aliphatic carbocycles. The highest BCUT2D eigenvalue weighted by atomic mass is 35.5. The third-order valence-corrected chi connectivity index (χ3v) is 3.36. The van der Waals surface area contributed by atoms with Crippen LogP contribution in [-0.2, 0) is 6.54 Å². The van der Waals surface area contributed by atoms with Crippen molar-refractivity contribution < 1.29 is 9.90 Å². The molecule has 5 nitrogen and oxygen atoms in total. The molecule has 2 rings (SSSR count). The molecular weight excluding hydrogens is 254 g/mol. The summed E-state index contributed by atoms with van der Waals surface area (Å²) in [6, 6.07) is 3.25. The maximum atomic E-state index is 11.5. The van der Waals surface area contributed by atoms with Gasteiger partial charge in [0.15, 0.2) is 0 Å². The van der Waals surface area contributed by atoms with Gasteiger partial charge in [0.05, 0.1) is 23.9 Å². The molecule has 1 saturated carbocycles. The summed E-state index contributed by atoms with van der Waals surface area (Å²) in [5.41, 5.74) is 0.674. The van der Waals surface area contributed by atoms with Gasteiger partial charge < -0.3 is 15.7 Å². The van der Waals surface area contributed by atoms with Crippen LogP contribution in [0.3, 0.4) is 0 Å². The van der Waals surface area contributed by atoms with Gasteiger partial charge in [-0.3, -0.25) is 4.98 Å². The van der Waals surface area contributed by atoms with Gasteiger partial charge in [-0.15, -0.1) is 0 Å². The molecule has 98 valence electrons. The minimum atomic E-state index is -0.244. The smallest absolute Gasteiger partial charge is 0.315 e. The molecule has 18 heavy (non-hydrogen) atoms. The maximum Gasteiger partial charge on any atom is 0.315 e. The molecule has 0 atom stereocenters. The predicted molar refractivity (Wildman–Crippen MR) is 68.2 cm³/mol. The van der Waals surface area contributed by atoms with Gasteiger partial charge in [0, 0.05) is 18.2 Å². The lowest BCUT2D eigenvalue weighted by molar-refractivity contribution is 0.203. The fourth-order valence-corrected chi connectivity index (χ4v) is 1.69. The molecule has 0 aliphatic heterocycles. The number of carbonyl (C=O) groups is 1. The molecule has 0 spiro atoms. The van der Waals surface area contributed by atoms with Crippen LogP contribution in [0.15, 0.2) is 18.3 Å². The Hall–Kier alpha value is -1.33. The van der Waals surface area contributed by atoms with Gasteiger partial charge in [-0.2, -0.15) is 0 Å². The zero-order valence-corrected chi connectivity index (χ0v) is 10.7. The van der Waals surface area contributed by atoms with E-state index in [4.69, 9.17) is 16.7 Å². The minimum Gasteiger partial charge on any atom is -0.396 e. The number of aromatic nitrogens is 1. The molecule has 0 radical (unpaired) electrons. The van der Waals surface area contributed by atoms with Gasteiger partial charge in [-0.25, -0.2) is 4.79 Å². The molecule has 0 aromatic carbocycles. The fraction of sp³-hybridized carbons (Fsp3) is 0.500. The number of hydrogen-bond acceptors (Lipinski definition) is 3. The van der Waals surface area contributed by atoms with Crippen LogP contribution in [0, 0.1) is 5.41 Å². The van der Waals surface area contributed by atoms with Crippen molar-refractivity contribution in [3.05, 3.63) is 29.0 Å². The molecule has 0 unspecified atom stereocenters. The number of amides is 2. The van der Waals surface area contributed by atoms with Crippen molar-refractivity contribution in [2.24, 2.45) is 5.41 Å². The highest BCUT2D eigenvalue weighted by Crippen LogP contribution is 2.44. The molecule has 3 N–H and O–H groups in total. The Bertz CT molecular complexity index is 418. The Morgan fingerprint density at radius 2 is 2.22 bits per heavy atom. The topological polar surface area (TPSA) is 74.2 Å². The van der Waals surface area contributed by atoms with Gasteiger partial charge in [-0.1, -0.05) is 11.6 Å². The third-order valence-electron chi connectivity index (χ3n) is 3.14. The molecule has 1 aromatic rings. The third kappa shape index (κ3) is 3.58. The molecule has 2 amide bonds. The number of halogens is 1. The zero-order valence-electron chi connectivity index (χ0n) is 9.95. The van der Waals surface area contributed by atoms with Crippen LogP contribution in [0.5, 0.6) is 0 Å². The molecule has 0 bridgehead atoms. The summed E-state index contributed by atoms with van der Waals surface area (Å²) >= 11 is 5.71. The first kappa shape index (κ1) is 13.1. The van der Waals surface area contributed by atoms with Crippen molar-refractivity contribution in [2.75, 3.05) is 13.2 Å². The van der Waals surface area contributed by atoms with Gasteiger partial charge in [0.25, 0.3) is 0 Å². The Kier molecular flexibility index (Phi) is 4.04. The zero-order chi connectivity index (χ0) is 13.0. The van der Waals surface area contributed by atoms with Crippen molar-refractivity contribution in [1.82, 2.24) is 15.6 Å². The molecule has 6 heteroatoms. The average Bonchev–Trinajstić information content (AvgIpc) is 3.16. The summed E-state index contributed by atoms with van der Waals surface area (Å²) < 4.78 is 0. The maximum absolute atomic E-state index is 11.5. The summed E-state index contributed by atoms with van der Waals surface area (Å²) in [7, 11) is 0. The van der Waals surface area contributed by atoms with Crippen LogP contribution in [-0.4, -0.2) is 29.3 Å². The van der Waals surface area contributed by atoms with Crippen molar-refractivity contribution in [3.63, 3.8) is 0 Å². The van der Waals surface area contributed by atoms with Crippen LogP contribution < -0.4 is 10.6 Å². The lowest BCUT2D eigenvalue weighted by Gasteiger charge is -2.13. The van der Waals surface area contributed by atoms with Crippen molar-refractivity contribution in [1.29, 1.82) is 0 Å². The van der Waals surface area contributed by atoms with Gasteiger partial charge >= 0.3 is 6.03 Å². The van der Waals surface area contributed by atoms with Crippen molar-refractivity contribution >= 4 is 17.6 Å². The first-order valence-corrected chi connectivity index (χ1v) is 6.24. The molecule has 1 aromatic heterocycles. The second-order valence-electron chi connectivity index (χ2n) is 4.66. The fourth-order valence-electron chi connectivity index (χ4n) is 1.58. The largest absolute Gasteiger partial charge is 0.396 e. The van der Waals surface area contributed by atoms with E-state index in [1.807, 2.05) is 0 Å². The SMILES string of the molecule is O=C(NCc1ccc(Cl)cn1)NCC1(CO)CC1. The second kappa shape index (κ2) is 5.54. The number of aliphatic hydroxyl groups is 1. The second-order valence-corrected chi connectivity index (χ2v) is 5.10. The lowest BCUT2D eigenvalue weighted by Crippen LogP contribution is -2.39. The standard InChI is InChI=1S/C12H16ClN3O2/c13-9-1-2-10(14-5-9)6-15-11(18)16-7-12(8-17)3-4-12/h1-2,5,17H,3-4,6-8H2,(H2,15,16,18). The van der Waals surface area contributed by atoms with Crippen LogP contribution in [0.2, 0.25) is 5.02 Å². The Labute approximate surface area is 111 Å². The van der Waals surface area contributed by atoms with E-state index in [1.54, 1.807) is 18.3 Å². The van der Waals surface area contributed by atoms with Gasteiger partial charge in [-0.05, 0) is 25.0 Å². The number of urea groups is 1. The number of rotatable bonds is 5. The Balaban J connectivity index is 1.70. The molecule has 1 heterocycles. The van der Waals surface area contributed by atoms with Crippen LogP contribution in [0.1, 0.15) is 18.5 Å². The molecule has 1 fully saturated rings. The van der Waals surface area contributed by atoms with E-state index >= 15 is 0 Å². The monoisotopic (exact) mass is 269 g/mol. The van der Waals surface area contributed by atoms with Crippen molar-refractivity contribution in [3.8, 4) is 0 Å². The summed E-state index contributed by atoms with van der Waals surface area (Å²) in [5.74, 6) is 0. The van der Waals surface area contributed by atoms with Crippen LogP contribution >= 0.6 is 11.6 Å². The normalized spacial score (nSPS) is 16.1. The van der Waals surface area contributed by atoms with E-state index in [-0.39, 0.29) is 18.1 Å². The number of aliphatic hydroxyl groups excluding tert-OH is 1. The Morgan fingerprint density at radius 1 is 1.44 bits per heavy atom. The number of pyridine rings is 1. The van der Waals surface area contributed by atoms with Gasteiger partial charge in [0.1, 0.15) is 0 Å². The number of hydrogen-bond donors (Lipinski definition) is 3. The Morgan fingerprint density at radius 3 is 2.78 bits per heavy atom. The first-order valence-electron chi connectivity index (χ1n) is 5.87. The van der Waals surface area contributed by atoms with E-state index in [0.29, 0.717) is 18.1 Å². The average molecular weight is 270 g/mol. The number of nitrogens with zero attached hydrogens (tertiary/aromatic N) is 1. The van der Waals surface area contributed by atoms with E-state index in [9.17, 15) is 4.79 Å². The van der Waals surface area contributed by atoms with E-state index in [2.05, 4.69) is 15.6 Å². The molecular formula is C12H16ClN3O2. The van der Waals surface area contributed by atoms with Crippen LogP contribution in [0.25, 0.3) is 0 Å². The highest BCUT2D eigenvalue weighted by Gasteiger charge is 2.42. The molecule has 1 aliphatic rings. The van der Waals surface area contributed by atoms with Crippen molar-refractivity contribution in [2.45, 2.75) is 19.4 Å². The van der Waals surface area contributed by atoms with E-state index in [1.165, 1.54) is 0 Å². The van der Waals surface area contributed by atoms with Gasteiger partial charge in [0.2, 0.25) is 0 Å². The van der Waals surface area contributed by atoms with E-state index in [0.717, 1.165) is 18.5 Å². The quantitative estimate of drug-likeness (QED) is 0.754. The summed E-state index contributed by atoms with van der Waals surface area (Å²) in [4.78, 5) is 15.6. The van der Waals surface area contributed by atoms with Crippen LogP contribution in [0.4, 0.5) is 4.79 Å². The number of carbonyl (C=O) groups excluding carboxylic acids is 1. The highest BCUT2D eigenvalue weighted by molar-refractivity contribution is 6.30. The van der Waals surface area contributed by atoms with E-state index < -0.39 is 0 Å². The summed E-state index contributed by atoms with van der Waals surface area (Å²) in [5, 5.41) is 15.1. The first-order chi connectivity index (χ1) is 8.63. The lowest BCUT2D eigenvalue weighted by atomic mass is 10.1. The summed E-state index contributed by atoms with van der Waals surface area (Å²) in [6.07, 6.45) is 3.49. The molecule has 0 saturated heterocycles.